The molecule has 3 aromatic rings. The van der Waals surface area contributed by atoms with Crippen LogP contribution in [0.1, 0.15) is 56.7 Å². The molecular formula is C25H30FN5O3. The maximum atomic E-state index is 15.0. The van der Waals surface area contributed by atoms with Crippen molar-refractivity contribution >= 4 is 28.7 Å². The van der Waals surface area contributed by atoms with Crippen LogP contribution in [0.3, 0.4) is 0 Å². The number of carbonyl (C=O) groups excluding carboxylic acids is 1. The molecule has 1 aliphatic rings. The van der Waals surface area contributed by atoms with Gasteiger partial charge in [0.05, 0.1) is 0 Å². The van der Waals surface area contributed by atoms with Gasteiger partial charge in [-0.1, -0.05) is 20.3 Å². The molecule has 1 fully saturated rings. The molecule has 1 aromatic carbocycles. The minimum Gasteiger partial charge on any atom is -0.465 e. The number of pyridine rings is 1. The van der Waals surface area contributed by atoms with Crippen molar-refractivity contribution in [1.82, 2.24) is 20.1 Å². The fourth-order valence-corrected chi connectivity index (χ4v) is 4.98. The van der Waals surface area contributed by atoms with Gasteiger partial charge in [-0.25, -0.2) is 14.2 Å². The molecule has 8 nitrogen and oxygen atoms in total. The van der Waals surface area contributed by atoms with E-state index in [2.05, 4.69) is 20.7 Å². The highest BCUT2D eigenvalue weighted by atomic mass is 19.1. The van der Waals surface area contributed by atoms with Gasteiger partial charge >= 0.3 is 6.09 Å². The summed E-state index contributed by atoms with van der Waals surface area (Å²) in [7, 11) is 1.82. The third-order valence-corrected chi connectivity index (χ3v) is 6.52. The number of rotatable bonds is 5. The van der Waals surface area contributed by atoms with Crippen molar-refractivity contribution in [3.05, 3.63) is 41.5 Å². The number of carboxylic acid groups (broad SMARTS) is 1. The van der Waals surface area contributed by atoms with Crippen molar-refractivity contribution in [2.45, 2.75) is 58.4 Å². The van der Waals surface area contributed by atoms with E-state index in [4.69, 9.17) is 5.11 Å². The molecule has 1 aliphatic carbocycles. The Morgan fingerprint density at radius 3 is 2.71 bits per heavy atom. The fourth-order valence-electron chi connectivity index (χ4n) is 4.98. The smallest absolute Gasteiger partial charge is 0.404 e. The standard InChI is InChI=1S/C25H30FN5O3/c1-13(2)23-19-9-16(10-20(26)22(19)30-31(23)4)18-11-21(27-12-14(18)3)29-24(32)15-6-5-7-17(8-15)28-25(33)34/h9-13,15,17,28H,5-8H2,1-4H3,(H,33,34)(H,27,29,32)/t15-,17+/m0/s1. The van der Waals surface area contributed by atoms with Gasteiger partial charge in [-0.2, -0.15) is 5.10 Å². The Kier molecular flexibility index (Phi) is 6.54. The lowest BCUT2D eigenvalue weighted by Crippen LogP contribution is -2.40. The Morgan fingerprint density at radius 1 is 1.24 bits per heavy atom. The molecule has 2 atom stereocenters. The predicted octanol–water partition coefficient (Wildman–Crippen LogP) is 4.97. The summed E-state index contributed by atoms with van der Waals surface area (Å²) >= 11 is 0. The Labute approximate surface area is 197 Å². The average Bonchev–Trinajstić information content (AvgIpc) is 3.11. The quantitative estimate of drug-likeness (QED) is 0.491. The van der Waals surface area contributed by atoms with Gasteiger partial charge in [-0.3, -0.25) is 9.48 Å². The van der Waals surface area contributed by atoms with E-state index in [1.165, 1.54) is 6.07 Å². The summed E-state index contributed by atoms with van der Waals surface area (Å²) in [6.07, 6.45) is 3.24. The van der Waals surface area contributed by atoms with Gasteiger partial charge in [-0.05, 0) is 67.0 Å². The zero-order valence-electron chi connectivity index (χ0n) is 19.9. The molecular weight excluding hydrogens is 437 g/mol. The summed E-state index contributed by atoms with van der Waals surface area (Å²) in [5.41, 5.74) is 3.63. The Morgan fingerprint density at radius 2 is 2.00 bits per heavy atom. The third-order valence-electron chi connectivity index (χ3n) is 6.52. The first-order valence-corrected chi connectivity index (χ1v) is 11.6. The molecule has 2 amide bonds. The first-order valence-electron chi connectivity index (χ1n) is 11.6. The molecule has 0 spiro atoms. The van der Waals surface area contributed by atoms with Gasteiger partial charge in [0.25, 0.3) is 0 Å². The summed E-state index contributed by atoms with van der Waals surface area (Å²) in [5, 5.41) is 19.5. The number of amides is 2. The van der Waals surface area contributed by atoms with Gasteiger partial charge < -0.3 is 15.7 Å². The second-order valence-corrected chi connectivity index (χ2v) is 9.40. The lowest BCUT2D eigenvalue weighted by molar-refractivity contribution is -0.121. The highest BCUT2D eigenvalue weighted by molar-refractivity contribution is 5.93. The van der Waals surface area contributed by atoms with Crippen LogP contribution >= 0.6 is 0 Å². The molecule has 0 unspecified atom stereocenters. The summed E-state index contributed by atoms with van der Waals surface area (Å²) in [6.45, 7) is 5.99. The fraction of sp³-hybridized carbons (Fsp3) is 0.440. The second kappa shape index (κ2) is 9.40. The minimum absolute atomic E-state index is 0.174. The molecule has 9 heteroatoms. The number of aryl methyl sites for hydroxylation is 2. The highest BCUT2D eigenvalue weighted by Gasteiger charge is 2.28. The van der Waals surface area contributed by atoms with Gasteiger partial charge in [-0.15, -0.1) is 0 Å². The molecule has 3 N–H and O–H groups in total. The SMILES string of the molecule is Cc1cnc(NC(=O)[C@H]2CCC[C@@H](NC(=O)O)C2)cc1-c1cc(F)c2nn(C)c(C(C)C)c2c1. The molecule has 4 rings (SSSR count). The lowest BCUT2D eigenvalue weighted by Gasteiger charge is -2.28. The van der Waals surface area contributed by atoms with Crippen molar-refractivity contribution in [3.8, 4) is 11.1 Å². The van der Waals surface area contributed by atoms with Crippen molar-refractivity contribution < 1.29 is 19.1 Å². The van der Waals surface area contributed by atoms with Crippen LogP contribution in [0, 0.1) is 18.7 Å². The number of fused-ring (bicyclic) bond motifs is 1. The van der Waals surface area contributed by atoms with E-state index in [1.807, 2.05) is 33.9 Å². The second-order valence-electron chi connectivity index (χ2n) is 9.40. The van der Waals surface area contributed by atoms with Crippen molar-refractivity contribution in [1.29, 1.82) is 0 Å². The third kappa shape index (κ3) is 4.73. The van der Waals surface area contributed by atoms with Crippen LogP contribution in [0.5, 0.6) is 0 Å². The topological polar surface area (TPSA) is 109 Å². The van der Waals surface area contributed by atoms with Gasteiger partial charge in [0, 0.05) is 36.3 Å². The maximum absolute atomic E-state index is 15.0. The molecule has 2 heterocycles. The van der Waals surface area contributed by atoms with Crippen LogP contribution in [0.15, 0.2) is 24.4 Å². The van der Waals surface area contributed by atoms with E-state index in [0.717, 1.165) is 35.0 Å². The number of aromatic nitrogens is 3. The summed E-state index contributed by atoms with van der Waals surface area (Å²) in [6, 6.07) is 4.94. The van der Waals surface area contributed by atoms with E-state index in [0.29, 0.717) is 29.7 Å². The molecule has 1 saturated carbocycles. The summed E-state index contributed by atoms with van der Waals surface area (Å²) < 4.78 is 16.7. The van der Waals surface area contributed by atoms with Crippen molar-refractivity contribution in [2.75, 3.05) is 5.32 Å². The van der Waals surface area contributed by atoms with Crippen molar-refractivity contribution in [2.24, 2.45) is 13.0 Å². The number of nitrogens with one attached hydrogen (secondary N) is 2. The molecule has 34 heavy (non-hydrogen) atoms. The predicted molar refractivity (Wildman–Crippen MR) is 128 cm³/mol. The summed E-state index contributed by atoms with van der Waals surface area (Å²) in [4.78, 5) is 28.2. The van der Waals surface area contributed by atoms with E-state index in [1.54, 1.807) is 16.9 Å². The zero-order valence-corrected chi connectivity index (χ0v) is 19.9. The number of anilines is 1. The molecule has 0 radical (unpaired) electrons. The van der Waals surface area contributed by atoms with Crippen LogP contribution < -0.4 is 10.6 Å². The van der Waals surface area contributed by atoms with Crippen molar-refractivity contribution in [3.63, 3.8) is 0 Å². The number of nitrogens with zero attached hydrogens (tertiary/aromatic N) is 3. The number of carbonyl (C=O) groups is 2. The Bertz CT molecular complexity index is 1250. The highest BCUT2D eigenvalue weighted by Crippen LogP contribution is 2.34. The van der Waals surface area contributed by atoms with Crippen LogP contribution in [0.2, 0.25) is 0 Å². The Balaban J connectivity index is 1.61. The van der Waals surface area contributed by atoms with E-state index in [-0.39, 0.29) is 23.8 Å². The maximum Gasteiger partial charge on any atom is 0.404 e. The zero-order chi connectivity index (χ0) is 24.6. The van der Waals surface area contributed by atoms with Crippen LogP contribution in [-0.2, 0) is 11.8 Å². The number of benzene rings is 1. The number of halogens is 1. The molecule has 0 aliphatic heterocycles. The Hall–Kier alpha value is -3.49. The molecule has 180 valence electrons. The van der Waals surface area contributed by atoms with Gasteiger partial charge in [0.2, 0.25) is 5.91 Å². The lowest BCUT2D eigenvalue weighted by atomic mass is 9.85. The number of hydrogen-bond donors (Lipinski definition) is 3. The summed E-state index contributed by atoms with van der Waals surface area (Å²) in [5.74, 6) is -0.316. The monoisotopic (exact) mass is 467 g/mol. The average molecular weight is 468 g/mol. The molecule has 0 bridgehead atoms. The molecule has 2 aromatic heterocycles. The van der Waals surface area contributed by atoms with Gasteiger partial charge in [0.15, 0.2) is 5.82 Å². The van der Waals surface area contributed by atoms with E-state index in [9.17, 15) is 14.0 Å². The van der Waals surface area contributed by atoms with Gasteiger partial charge in [0.1, 0.15) is 11.3 Å². The van der Waals surface area contributed by atoms with E-state index >= 15 is 0 Å². The number of hydrogen-bond acceptors (Lipinski definition) is 4. The molecule has 0 saturated heterocycles. The van der Waals surface area contributed by atoms with Crippen LogP contribution in [-0.4, -0.2) is 37.9 Å². The first-order chi connectivity index (χ1) is 16.1. The minimum atomic E-state index is -1.07. The van der Waals surface area contributed by atoms with Crippen LogP contribution in [0.4, 0.5) is 15.0 Å². The first kappa shape index (κ1) is 23.7. The van der Waals surface area contributed by atoms with E-state index < -0.39 is 11.9 Å². The normalized spacial score (nSPS) is 18.3. The van der Waals surface area contributed by atoms with Crippen LogP contribution in [0.25, 0.3) is 22.0 Å². The largest absolute Gasteiger partial charge is 0.465 e.